The molecule has 1 aliphatic heterocycles. The molecule has 0 saturated carbocycles. The average molecular weight is 307 g/mol. The predicted octanol–water partition coefficient (Wildman–Crippen LogP) is 1.51. The van der Waals surface area contributed by atoms with Gasteiger partial charge in [0.05, 0.1) is 12.2 Å². The van der Waals surface area contributed by atoms with Crippen LogP contribution in [0.2, 0.25) is 0 Å². The van der Waals surface area contributed by atoms with Crippen LogP contribution in [0, 0.1) is 0 Å². The Morgan fingerprint density at radius 2 is 2.13 bits per heavy atom. The van der Waals surface area contributed by atoms with Crippen LogP contribution in [-0.2, 0) is 19.5 Å². The minimum atomic E-state index is 0.636. The van der Waals surface area contributed by atoms with Crippen molar-refractivity contribution in [1.82, 2.24) is 30.0 Å². The molecule has 116 valence electrons. The SMILES string of the molecule is c1ncn(Cc2ccc(Nc3ncc4c(n3)CNCC4)cc2)n1. The lowest BCUT2D eigenvalue weighted by Crippen LogP contribution is -2.25. The van der Waals surface area contributed by atoms with Crippen molar-refractivity contribution >= 4 is 11.6 Å². The van der Waals surface area contributed by atoms with E-state index in [-0.39, 0.29) is 0 Å². The molecule has 1 aliphatic rings. The normalized spacial score (nSPS) is 13.6. The largest absolute Gasteiger partial charge is 0.324 e. The zero-order chi connectivity index (χ0) is 15.5. The van der Waals surface area contributed by atoms with E-state index in [1.165, 1.54) is 11.9 Å². The lowest BCUT2D eigenvalue weighted by atomic mass is 10.1. The first-order chi connectivity index (χ1) is 11.4. The van der Waals surface area contributed by atoms with Gasteiger partial charge in [0, 0.05) is 18.4 Å². The summed E-state index contributed by atoms with van der Waals surface area (Å²) in [5.74, 6) is 0.636. The summed E-state index contributed by atoms with van der Waals surface area (Å²) in [5.41, 5.74) is 4.45. The summed E-state index contributed by atoms with van der Waals surface area (Å²) in [5, 5.41) is 10.7. The average Bonchev–Trinajstić information content (AvgIpc) is 3.10. The molecule has 0 aliphatic carbocycles. The molecule has 0 saturated heterocycles. The van der Waals surface area contributed by atoms with Gasteiger partial charge in [-0.15, -0.1) is 0 Å². The van der Waals surface area contributed by atoms with Crippen LogP contribution < -0.4 is 10.6 Å². The zero-order valence-electron chi connectivity index (χ0n) is 12.6. The van der Waals surface area contributed by atoms with Crippen LogP contribution in [0.25, 0.3) is 0 Å². The summed E-state index contributed by atoms with van der Waals surface area (Å²) < 4.78 is 1.79. The number of nitrogens with one attached hydrogen (secondary N) is 2. The Hall–Kier alpha value is -2.80. The van der Waals surface area contributed by atoms with Crippen molar-refractivity contribution in [3.05, 3.63) is 59.9 Å². The van der Waals surface area contributed by atoms with Crippen LogP contribution in [0.3, 0.4) is 0 Å². The maximum atomic E-state index is 4.58. The van der Waals surface area contributed by atoms with Gasteiger partial charge in [0.1, 0.15) is 12.7 Å². The fourth-order valence-corrected chi connectivity index (χ4v) is 2.62. The van der Waals surface area contributed by atoms with Gasteiger partial charge in [0.15, 0.2) is 0 Å². The van der Waals surface area contributed by atoms with Crippen LogP contribution >= 0.6 is 0 Å². The van der Waals surface area contributed by atoms with E-state index in [0.29, 0.717) is 12.5 Å². The molecule has 3 heterocycles. The van der Waals surface area contributed by atoms with E-state index >= 15 is 0 Å². The Balaban J connectivity index is 1.46. The van der Waals surface area contributed by atoms with E-state index < -0.39 is 0 Å². The number of rotatable bonds is 4. The van der Waals surface area contributed by atoms with Gasteiger partial charge in [-0.25, -0.2) is 19.6 Å². The van der Waals surface area contributed by atoms with Crippen molar-refractivity contribution in [3.8, 4) is 0 Å². The van der Waals surface area contributed by atoms with Gasteiger partial charge < -0.3 is 10.6 Å². The summed E-state index contributed by atoms with van der Waals surface area (Å²) in [6.45, 7) is 2.51. The second kappa shape index (κ2) is 6.13. The molecular weight excluding hydrogens is 290 g/mol. The molecule has 2 N–H and O–H groups in total. The molecule has 7 heteroatoms. The molecule has 0 unspecified atom stereocenters. The van der Waals surface area contributed by atoms with E-state index in [1.807, 2.05) is 18.3 Å². The molecule has 0 spiro atoms. The highest BCUT2D eigenvalue weighted by atomic mass is 15.3. The highest BCUT2D eigenvalue weighted by Crippen LogP contribution is 2.17. The van der Waals surface area contributed by atoms with Gasteiger partial charge in [0.25, 0.3) is 0 Å². The standard InChI is InChI=1S/C16H17N7/c1-3-14(4-2-12(1)9-23-11-18-10-20-23)21-16-19-7-13-5-6-17-8-15(13)22-16/h1-4,7,10-11,17H,5-6,8-9H2,(H,19,21,22). The van der Waals surface area contributed by atoms with Crippen LogP contribution in [-0.4, -0.2) is 31.3 Å². The monoisotopic (exact) mass is 307 g/mol. The van der Waals surface area contributed by atoms with Crippen molar-refractivity contribution in [2.24, 2.45) is 0 Å². The Bertz CT molecular complexity index is 781. The molecule has 0 bridgehead atoms. The van der Waals surface area contributed by atoms with Crippen molar-refractivity contribution in [2.75, 3.05) is 11.9 Å². The minimum Gasteiger partial charge on any atom is -0.324 e. The van der Waals surface area contributed by atoms with Crippen molar-refractivity contribution < 1.29 is 0 Å². The molecule has 0 atom stereocenters. The van der Waals surface area contributed by atoms with E-state index in [9.17, 15) is 0 Å². The molecule has 4 rings (SSSR count). The van der Waals surface area contributed by atoms with Crippen molar-refractivity contribution in [3.63, 3.8) is 0 Å². The van der Waals surface area contributed by atoms with Crippen LogP contribution in [0.4, 0.5) is 11.6 Å². The fraction of sp³-hybridized carbons (Fsp3) is 0.250. The third-order valence-corrected chi connectivity index (χ3v) is 3.84. The van der Waals surface area contributed by atoms with Gasteiger partial charge in [-0.2, -0.15) is 5.10 Å². The number of aromatic nitrogens is 5. The maximum Gasteiger partial charge on any atom is 0.227 e. The number of hydrogen-bond acceptors (Lipinski definition) is 6. The van der Waals surface area contributed by atoms with Gasteiger partial charge >= 0.3 is 0 Å². The molecule has 2 aromatic heterocycles. The highest BCUT2D eigenvalue weighted by Gasteiger charge is 2.11. The second-order valence-electron chi connectivity index (χ2n) is 5.51. The molecule has 0 radical (unpaired) electrons. The Morgan fingerprint density at radius 3 is 2.96 bits per heavy atom. The molecule has 0 amide bonds. The summed E-state index contributed by atoms with van der Waals surface area (Å²) in [4.78, 5) is 12.9. The number of benzene rings is 1. The summed E-state index contributed by atoms with van der Waals surface area (Å²) >= 11 is 0. The number of anilines is 2. The third-order valence-electron chi connectivity index (χ3n) is 3.84. The van der Waals surface area contributed by atoms with Crippen LogP contribution in [0.5, 0.6) is 0 Å². The molecule has 0 fully saturated rings. The minimum absolute atomic E-state index is 0.636. The predicted molar refractivity (Wildman–Crippen MR) is 86.3 cm³/mol. The first-order valence-electron chi connectivity index (χ1n) is 7.61. The van der Waals surface area contributed by atoms with Gasteiger partial charge in [-0.3, -0.25) is 0 Å². The van der Waals surface area contributed by atoms with E-state index in [1.54, 1.807) is 11.0 Å². The second-order valence-corrected chi connectivity index (χ2v) is 5.51. The van der Waals surface area contributed by atoms with E-state index in [4.69, 9.17) is 0 Å². The Morgan fingerprint density at radius 1 is 1.22 bits per heavy atom. The van der Waals surface area contributed by atoms with Gasteiger partial charge in [0.2, 0.25) is 5.95 Å². The highest BCUT2D eigenvalue weighted by molar-refractivity contribution is 5.54. The molecule has 23 heavy (non-hydrogen) atoms. The van der Waals surface area contributed by atoms with Crippen LogP contribution in [0.15, 0.2) is 43.1 Å². The molecule has 7 nitrogen and oxygen atoms in total. The van der Waals surface area contributed by atoms with E-state index in [0.717, 1.165) is 36.5 Å². The first kappa shape index (κ1) is 13.8. The third kappa shape index (κ3) is 3.19. The number of fused-ring (bicyclic) bond motifs is 1. The lowest BCUT2D eigenvalue weighted by molar-refractivity contribution is 0.624. The summed E-state index contributed by atoms with van der Waals surface area (Å²) in [6.07, 6.45) is 6.16. The zero-order valence-corrected chi connectivity index (χ0v) is 12.6. The molecular formula is C16H17N7. The summed E-state index contributed by atoms with van der Waals surface area (Å²) in [6, 6.07) is 8.16. The Labute approximate surface area is 133 Å². The maximum absolute atomic E-state index is 4.58. The van der Waals surface area contributed by atoms with Crippen LogP contribution in [0.1, 0.15) is 16.8 Å². The topological polar surface area (TPSA) is 80.5 Å². The van der Waals surface area contributed by atoms with E-state index in [2.05, 4.69) is 42.8 Å². The van der Waals surface area contributed by atoms with Gasteiger partial charge in [-0.05, 0) is 36.2 Å². The number of hydrogen-bond donors (Lipinski definition) is 2. The number of nitrogens with zero attached hydrogens (tertiary/aromatic N) is 5. The molecule has 1 aromatic carbocycles. The Kier molecular flexibility index (Phi) is 3.69. The lowest BCUT2D eigenvalue weighted by Gasteiger charge is -2.16. The first-order valence-corrected chi connectivity index (χ1v) is 7.61. The quantitative estimate of drug-likeness (QED) is 0.760. The summed E-state index contributed by atoms with van der Waals surface area (Å²) in [7, 11) is 0. The van der Waals surface area contributed by atoms with Crippen molar-refractivity contribution in [2.45, 2.75) is 19.5 Å². The van der Waals surface area contributed by atoms with Crippen molar-refractivity contribution in [1.29, 1.82) is 0 Å². The van der Waals surface area contributed by atoms with Gasteiger partial charge in [-0.1, -0.05) is 12.1 Å². The molecule has 3 aromatic rings. The smallest absolute Gasteiger partial charge is 0.227 e. The fourth-order valence-electron chi connectivity index (χ4n) is 2.62.